The molecule has 0 amide bonds. The van der Waals surface area contributed by atoms with Crippen molar-refractivity contribution in [1.29, 1.82) is 0 Å². The van der Waals surface area contributed by atoms with Gasteiger partial charge in [-0.15, -0.1) is 0 Å². The normalized spacial score (nSPS) is 11.7. The van der Waals surface area contributed by atoms with Crippen molar-refractivity contribution in [1.82, 2.24) is 4.98 Å². The lowest BCUT2D eigenvalue weighted by atomic mass is 10.0. The van der Waals surface area contributed by atoms with Crippen molar-refractivity contribution in [3.63, 3.8) is 0 Å². The Morgan fingerprint density at radius 1 is 1.42 bits per heavy atom. The van der Waals surface area contributed by atoms with Gasteiger partial charge in [0.1, 0.15) is 5.60 Å². The summed E-state index contributed by atoms with van der Waals surface area (Å²) >= 11 is 0. The summed E-state index contributed by atoms with van der Waals surface area (Å²) in [5.74, 6) is 0. The molecule has 1 aromatic heterocycles. The van der Waals surface area contributed by atoms with E-state index in [1.165, 1.54) is 0 Å². The number of pyridine rings is 1. The molecule has 3 heteroatoms. The van der Waals surface area contributed by atoms with E-state index in [9.17, 15) is 5.11 Å². The van der Waals surface area contributed by atoms with Crippen LogP contribution in [-0.4, -0.2) is 10.1 Å². The van der Waals surface area contributed by atoms with Crippen molar-refractivity contribution < 1.29 is 5.11 Å². The summed E-state index contributed by atoms with van der Waals surface area (Å²) in [6.45, 7) is 5.21. The Kier molecular flexibility index (Phi) is 2.06. The SMILES string of the molecule is Cc1ccc(N)c(C(C)(C)O)n1. The van der Waals surface area contributed by atoms with Crippen LogP contribution in [0.3, 0.4) is 0 Å². The first-order valence-corrected chi connectivity index (χ1v) is 3.87. The minimum Gasteiger partial charge on any atom is -0.397 e. The van der Waals surface area contributed by atoms with E-state index in [1.807, 2.05) is 13.0 Å². The van der Waals surface area contributed by atoms with Gasteiger partial charge in [0.05, 0.1) is 11.4 Å². The average Bonchev–Trinajstić information content (AvgIpc) is 1.92. The first kappa shape index (κ1) is 9.00. The number of aryl methyl sites for hydroxylation is 1. The van der Waals surface area contributed by atoms with Crippen molar-refractivity contribution >= 4 is 5.69 Å². The van der Waals surface area contributed by atoms with E-state index < -0.39 is 5.60 Å². The van der Waals surface area contributed by atoms with Crippen LogP contribution in [0.5, 0.6) is 0 Å². The molecule has 3 N–H and O–H groups in total. The second kappa shape index (κ2) is 2.75. The molecule has 0 radical (unpaired) electrons. The molecule has 0 bridgehead atoms. The van der Waals surface area contributed by atoms with Crippen LogP contribution in [-0.2, 0) is 5.60 Å². The van der Waals surface area contributed by atoms with E-state index in [-0.39, 0.29) is 0 Å². The topological polar surface area (TPSA) is 59.1 Å². The summed E-state index contributed by atoms with van der Waals surface area (Å²) in [5, 5.41) is 9.65. The maximum atomic E-state index is 9.65. The third-order valence-corrected chi connectivity index (χ3v) is 1.65. The van der Waals surface area contributed by atoms with Gasteiger partial charge in [-0.05, 0) is 32.9 Å². The van der Waals surface area contributed by atoms with Gasteiger partial charge in [-0.1, -0.05) is 0 Å². The van der Waals surface area contributed by atoms with Crippen molar-refractivity contribution in [2.45, 2.75) is 26.4 Å². The third kappa shape index (κ3) is 1.74. The zero-order chi connectivity index (χ0) is 9.35. The number of nitrogens with zero attached hydrogens (tertiary/aromatic N) is 1. The zero-order valence-corrected chi connectivity index (χ0v) is 7.63. The molecule has 1 heterocycles. The lowest BCUT2D eigenvalue weighted by Gasteiger charge is -2.18. The predicted octanol–water partition coefficient (Wildman–Crippen LogP) is 1.20. The smallest absolute Gasteiger partial charge is 0.103 e. The second-order valence-corrected chi connectivity index (χ2v) is 3.45. The zero-order valence-electron chi connectivity index (χ0n) is 7.63. The number of hydrogen-bond acceptors (Lipinski definition) is 3. The van der Waals surface area contributed by atoms with Crippen LogP contribution in [0.25, 0.3) is 0 Å². The fraction of sp³-hybridized carbons (Fsp3) is 0.444. The van der Waals surface area contributed by atoms with E-state index in [0.717, 1.165) is 5.69 Å². The van der Waals surface area contributed by atoms with Crippen LogP contribution in [0.2, 0.25) is 0 Å². The number of nitrogen functional groups attached to an aromatic ring is 1. The van der Waals surface area contributed by atoms with E-state index in [0.29, 0.717) is 11.4 Å². The van der Waals surface area contributed by atoms with Crippen molar-refractivity contribution in [2.24, 2.45) is 0 Å². The summed E-state index contributed by atoms with van der Waals surface area (Å²) in [5.41, 5.74) is 6.63. The Morgan fingerprint density at radius 2 is 2.00 bits per heavy atom. The van der Waals surface area contributed by atoms with E-state index in [4.69, 9.17) is 5.73 Å². The molecular formula is C9H14N2O. The number of rotatable bonds is 1. The quantitative estimate of drug-likeness (QED) is 0.659. The van der Waals surface area contributed by atoms with Gasteiger partial charge in [0, 0.05) is 5.69 Å². The molecule has 3 nitrogen and oxygen atoms in total. The largest absolute Gasteiger partial charge is 0.397 e. The van der Waals surface area contributed by atoms with Gasteiger partial charge in [0.25, 0.3) is 0 Å². The van der Waals surface area contributed by atoms with Crippen molar-refractivity contribution in [3.8, 4) is 0 Å². The fourth-order valence-electron chi connectivity index (χ4n) is 1.06. The Hall–Kier alpha value is -1.09. The van der Waals surface area contributed by atoms with E-state index in [1.54, 1.807) is 19.9 Å². The van der Waals surface area contributed by atoms with Crippen LogP contribution in [0.1, 0.15) is 25.2 Å². The molecule has 0 spiro atoms. The maximum absolute atomic E-state index is 9.65. The van der Waals surface area contributed by atoms with Gasteiger partial charge in [-0.25, -0.2) is 0 Å². The molecular weight excluding hydrogens is 152 g/mol. The Balaban J connectivity index is 3.23. The van der Waals surface area contributed by atoms with E-state index in [2.05, 4.69) is 4.98 Å². The van der Waals surface area contributed by atoms with Gasteiger partial charge in [-0.3, -0.25) is 4.98 Å². The molecule has 0 aliphatic heterocycles. The molecule has 1 aromatic rings. The average molecular weight is 166 g/mol. The maximum Gasteiger partial charge on any atom is 0.103 e. The minimum atomic E-state index is -0.962. The standard InChI is InChI=1S/C9H14N2O/c1-6-4-5-7(10)8(11-6)9(2,3)12/h4-5,12H,10H2,1-3H3. The molecule has 0 saturated heterocycles. The van der Waals surface area contributed by atoms with Crippen LogP contribution < -0.4 is 5.73 Å². The van der Waals surface area contributed by atoms with Gasteiger partial charge in [0.15, 0.2) is 0 Å². The number of nitrogens with two attached hydrogens (primary N) is 1. The van der Waals surface area contributed by atoms with Gasteiger partial charge < -0.3 is 10.8 Å². The molecule has 66 valence electrons. The van der Waals surface area contributed by atoms with Gasteiger partial charge in [0.2, 0.25) is 0 Å². The molecule has 1 rings (SSSR count). The summed E-state index contributed by atoms with van der Waals surface area (Å²) < 4.78 is 0. The summed E-state index contributed by atoms with van der Waals surface area (Å²) in [6, 6.07) is 3.58. The van der Waals surface area contributed by atoms with Crippen LogP contribution in [0, 0.1) is 6.92 Å². The highest BCUT2D eigenvalue weighted by molar-refractivity contribution is 5.45. The van der Waals surface area contributed by atoms with E-state index >= 15 is 0 Å². The Bertz CT molecular complexity index is 289. The molecule has 0 aliphatic rings. The minimum absolute atomic E-state index is 0.535. The van der Waals surface area contributed by atoms with Crippen LogP contribution >= 0.6 is 0 Å². The summed E-state index contributed by atoms with van der Waals surface area (Å²) in [4.78, 5) is 4.17. The number of anilines is 1. The predicted molar refractivity (Wildman–Crippen MR) is 48.6 cm³/mol. The molecule has 0 atom stereocenters. The Morgan fingerprint density at radius 3 is 2.42 bits per heavy atom. The summed E-state index contributed by atoms with van der Waals surface area (Å²) in [6.07, 6.45) is 0. The first-order valence-electron chi connectivity index (χ1n) is 3.87. The van der Waals surface area contributed by atoms with Gasteiger partial charge in [-0.2, -0.15) is 0 Å². The number of aromatic nitrogens is 1. The number of aliphatic hydroxyl groups is 1. The first-order chi connectivity index (χ1) is 5.41. The second-order valence-electron chi connectivity index (χ2n) is 3.45. The lowest BCUT2D eigenvalue weighted by molar-refractivity contribution is 0.0746. The molecule has 0 fully saturated rings. The van der Waals surface area contributed by atoms with Crippen LogP contribution in [0.4, 0.5) is 5.69 Å². The van der Waals surface area contributed by atoms with Crippen LogP contribution in [0.15, 0.2) is 12.1 Å². The summed E-state index contributed by atoms with van der Waals surface area (Å²) in [7, 11) is 0. The van der Waals surface area contributed by atoms with Crippen molar-refractivity contribution in [3.05, 3.63) is 23.5 Å². The molecule has 0 unspecified atom stereocenters. The highest BCUT2D eigenvalue weighted by atomic mass is 16.3. The molecule has 0 aliphatic carbocycles. The van der Waals surface area contributed by atoms with Crippen molar-refractivity contribution in [2.75, 3.05) is 5.73 Å². The molecule has 12 heavy (non-hydrogen) atoms. The molecule has 0 saturated carbocycles. The fourth-order valence-corrected chi connectivity index (χ4v) is 1.06. The highest BCUT2D eigenvalue weighted by Crippen LogP contribution is 2.23. The van der Waals surface area contributed by atoms with Gasteiger partial charge >= 0.3 is 0 Å². The highest BCUT2D eigenvalue weighted by Gasteiger charge is 2.20. The number of hydrogen-bond donors (Lipinski definition) is 2. The lowest BCUT2D eigenvalue weighted by Crippen LogP contribution is -2.20. The third-order valence-electron chi connectivity index (χ3n) is 1.65. The monoisotopic (exact) mass is 166 g/mol. The Labute approximate surface area is 72.2 Å². The molecule has 0 aromatic carbocycles.